The van der Waals surface area contributed by atoms with Gasteiger partial charge >= 0.3 is 12.0 Å². The highest BCUT2D eigenvalue weighted by molar-refractivity contribution is 5.89. The van der Waals surface area contributed by atoms with Crippen LogP contribution in [0, 0.1) is 0 Å². The standard InChI is InChI=1S/C24H34N4O3/c1-4-27(5-2)24(30)26-17-13-19-18-8-7-9-21-23(18)16(12-20(19)25-14-17)15-28(21)11-10-22(29)31-6-3/h7-9,15,17,19-20,25H,4-6,10-14H2,1-3H3,(H,26,30)/t17?,19-,20-/m1/s1. The summed E-state index contributed by atoms with van der Waals surface area (Å²) in [6.07, 6.45) is 4.50. The van der Waals surface area contributed by atoms with Crippen molar-refractivity contribution < 1.29 is 14.3 Å². The van der Waals surface area contributed by atoms with Gasteiger partial charge in [0, 0.05) is 61.3 Å². The van der Waals surface area contributed by atoms with Gasteiger partial charge in [0.2, 0.25) is 0 Å². The van der Waals surface area contributed by atoms with E-state index in [4.69, 9.17) is 4.74 Å². The molecule has 1 fully saturated rings. The van der Waals surface area contributed by atoms with E-state index in [0.717, 1.165) is 32.5 Å². The topological polar surface area (TPSA) is 75.6 Å². The molecule has 2 aliphatic rings. The largest absolute Gasteiger partial charge is 0.466 e. The Labute approximate surface area is 184 Å². The molecule has 7 heteroatoms. The first-order valence-corrected chi connectivity index (χ1v) is 11.6. The molecule has 168 valence electrons. The van der Waals surface area contributed by atoms with Crippen molar-refractivity contribution in [3.63, 3.8) is 0 Å². The summed E-state index contributed by atoms with van der Waals surface area (Å²) in [4.78, 5) is 26.2. The highest BCUT2D eigenvalue weighted by Crippen LogP contribution is 2.41. The van der Waals surface area contributed by atoms with Gasteiger partial charge in [0.25, 0.3) is 0 Å². The first-order valence-electron chi connectivity index (χ1n) is 11.6. The smallest absolute Gasteiger partial charge is 0.317 e. The minimum atomic E-state index is -0.154. The Kier molecular flexibility index (Phi) is 6.51. The zero-order valence-corrected chi connectivity index (χ0v) is 18.8. The molecule has 2 aromatic rings. The molecule has 31 heavy (non-hydrogen) atoms. The molecule has 0 bridgehead atoms. The lowest BCUT2D eigenvalue weighted by Crippen LogP contribution is -2.56. The van der Waals surface area contributed by atoms with E-state index < -0.39 is 0 Å². The fourth-order valence-corrected chi connectivity index (χ4v) is 5.23. The maximum absolute atomic E-state index is 12.5. The van der Waals surface area contributed by atoms with Gasteiger partial charge in [-0.2, -0.15) is 0 Å². The molecule has 7 nitrogen and oxygen atoms in total. The quantitative estimate of drug-likeness (QED) is 0.668. The first-order chi connectivity index (χ1) is 15.0. The predicted octanol–water partition coefficient (Wildman–Crippen LogP) is 3.02. The Balaban J connectivity index is 1.54. The van der Waals surface area contributed by atoms with Crippen LogP contribution in [0.4, 0.5) is 4.79 Å². The van der Waals surface area contributed by atoms with Crippen LogP contribution in [0.15, 0.2) is 24.4 Å². The van der Waals surface area contributed by atoms with Crippen LogP contribution in [-0.2, 0) is 22.5 Å². The minimum Gasteiger partial charge on any atom is -0.466 e. The number of amides is 2. The second-order valence-corrected chi connectivity index (χ2v) is 8.52. The number of nitrogens with one attached hydrogen (secondary N) is 2. The van der Waals surface area contributed by atoms with Crippen LogP contribution >= 0.6 is 0 Å². The fourth-order valence-electron chi connectivity index (χ4n) is 5.23. The molecule has 1 unspecified atom stereocenters. The van der Waals surface area contributed by atoms with Gasteiger partial charge in [0.15, 0.2) is 0 Å². The van der Waals surface area contributed by atoms with Crippen LogP contribution < -0.4 is 10.6 Å². The molecule has 1 aliphatic carbocycles. The van der Waals surface area contributed by atoms with Gasteiger partial charge in [0.1, 0.15) is 0 Å². The molecule has 1 aromatic heterocycles. The van der Waals surface area contributed by atoms with E-state index in [-0.39, 0.29) is 18.0 Å². The Bertz CT molecular complexity index is 950. The van der Waals surface area contributed by atoms with Crippen molar-refractivity contribution >= 4 is 22.9 Å². The molecular weight excluding hydrogens is 392 g/mol. The van der Waals surface area contributed by atoms with Crippen LogP contribution in [-0.4, -0.2) is 59.8 Å². The Morgan fingerprint density at radius 2 is 2.06 bits per heavy atom. The number of carbonyl (C=O) groups excluding carboxylic acids is 2. The van der Waals surface area contributed by atoms with E-state index in [2.05, 4.69) is 39.6 Å². The molecule has 0 saturated carbocycles. The summed E-state index contributed by atoms with van der Waals surface area (Å²) in [5.74, 6) is 0.215. The van der Waals surface area contributed by atoms with E-state index in [9.17, 15) is 9.59 Å². The Hall–Kier alpha value is -2.54. The van der Waals surface area contributed by atoms with Crippen molar-refractivity contribution in [1.29, 1.82) is 0 Å². The second-order valence-electron chi connectivity index (χ2n) is 8.52. The zero-order valence-electron chi connectivity index (χ0n) is 18.8. The summed E-state index contributed by atoms with van der Waals surface area (Å²) in [5.41, 5.74) is 3.88. The molecule has 1 saturated heterocycles. The van der Waals surface area contributed by atoms with Crippen LogP contribution in [0.2, 0.25) is 0 Å². The highest BCUT2D eigenvalue weighted by Gasteiger charge is 2.37. The summed E-state index contributed by atoms with van der Waals surface area (Å²) in [5, 5.41) is 8.25. The third-order valence-electron chi connectivity index (χ3n) is 6.75. The van der Waals surface area contributed by atoms with Gasteiger partial charge in [0.05, 0.1) is 13.0 Å². The summed E-state index contributed by atoms with van der Waals surface area (Å²) in [6, 6.07) is 7.01. The summed E-state index contributed by atoms with van der Waals surface area (Å²) in [6.45, 7) is 9.13. The maximum Gasteiger partial charge on any atom is 0.317 e. The molecule has 2 heterocycles. The third kappa shape index (κ3) is 4.28. The molecule has 2 amide bonds. The van der Waals surface area contributed by atoms with Crippen molar-refractivity contribution in [3.8, 4) is 0 Å². The lowest BCUT2D eigenvalue weighted by molar-refractivity contribution is -0.143. The number of aromatic nitrogens is 1. The number of aryl methyl sites for hydroxylation is 1. The van der Waals surface area contributed by atoms with Crippen LogP contribution in [0.3, 0.4) is 0 Å². The van der Waals surface area contributed by atoms with Crippen LogP contribution in [0.5, 0.6) is 0 Å². The highest BCUT2D eigenvalue weighted by atomic mass is 16.5. The number of carbonyl (C=O) groups is 2. The van der Waals surface area contributed by atoms with Gasteiger partial charge in [-0.3, -0.25) is 4.79 Å². The van der Waals surface area contributed by atoms with Crippen LogP contribution in [0.1, 0.15) is 50.7 Å². The number of hydrogen-bond acceptors (Lipinski definition) is 4. The van der Waals surface area contributed by atoms with Gasteiger partial charge in [-0.25, -0.2) is 4.79 Å². The average molecular weight is 427 g/mol. The number of nitrogens with zero attached hydrogens (tertiary/aromatic N) is 2. The predicted molar refractivity (Wildman–Crippen MR) is 121 cm³/mol. The van der Waals surface area contributed by atoms with Crippen molar-refractivity contribution in [1.82, 2.24) is 20.1 Å². The molecule has 4 rings (SSSR count). The molecular formula is C24H34N4O3. The molecule has 1 aliphatic heterocycles. The molecule has 1 aromatic carbocycles. The van der Waals surface area contributed by atoms with E-state index in [1.54, 1.807) is 0 Å². The monoisotopic (exact) mass is 426 g/mol. The summed E-state index contributed by atoms with van der Waals surface area (Å²) >= 11 is 0. The van der Waals surface area contributed by atoms with Gasteiger partial charge in [-0.05, 0) is 50.8 Å². The minimum absolute atomic E-state index is 0.0232. The van der Waals surface area contributed by atoms with E-state index >= 15 is 0 Å². The SMILES string of the molecule is CCOC(=O)CCn1cc2c3c(cccc31)[C@H]1CC(NC(=O)N(CC)CC)CN[C@@H]1C2. The summed E-state index contributed by atoms with van der Waals surface area (Å²) in [7, 11) is 0. The number of esters is 1. The maximum atomic E-state index is 12.5. The van der Waals surface area contributed by atoms with Crippen molar-refractivity contribution in [2.24, 2.45) is 0 Å². The lowest BCUT2D eigenvalue weighted by atomic mass is 9.75. The summed E-state index contributed by atoms with van der Waals surface area (Å²) < 4.78 is 7.29. The number of fused-ring (bicyclic) bond motifs is 2. The molecule has 0 spiro atoms. The van der Waals surface area contributed by atoms with Gasteiger partial charge < -0.3 is 24.8 Å². The second kappa shape index (κ2) is 9.30. The number of rotatable bonds is 7. The van der Waals surface area contributed by atoms with Gasteiger partial charge in [-0.1, -0.05) is 12.1 Å². The zero-order chi connectivity index (χ0) is 22.0. The molecule has 3 atom stereocenters. The van der Waals surface area contributed by atoms with E-state index in [1.165, 1.54) is 22.0 Å². The number of piperidine rings is 1. The fraction of sp³-hybridized carbons (Fsp3) is 0.583. The number of benzene rings is 1. The number of urea groups is 1. The van der Waals surface area contributed by atoms with Crippen molar-refractivity contribution in [2.75, 3.05) is 26.2 Å². The first kappa shape index (κ1) is 21.7. The van der Waals surface area contributed by atoms with Crippen molar-refractivity contribution in [2.45, 2.75) is 64.6 Å². The lowest BCUT2D eigenvalue weighted by Gasteiger charge is -2.41. The van der Waals surface area contributed by atoms with E-state index in [0.29, 0.717) is 31.5 Å². The number of hydrogen-bond donors (Lipinski definition) is 2. The molecule has 0 radical (unpaired) electrons. The molecule has 2 N–H and O–H groups in total. The third-order valence-corrected chi connectivity index (χ3v) is 6.75. The average Bonchev–Trinajstić information content (AvgIpc) is 3.12. The van der Waals surface area contributed by atoms with Crippen molar-refractivity contribution in [3.05, 3.63) is 35.5 Å². The number of ether oxygens (including phenoxy) is 1. The van der Waals surface area contributed by atoms with Crippen LogP contribution in [0.25, 0.3) is 10.9 Å². The van der Waals surface area contributed by atoms with Gasteiger partial charge in [-0.15, -0.1) is 0 Å². The normalized spacial score (nSPS) is 22.1. The Morgan fingerprint density at radius 3 is 2.81 bits per heavy atom. The Morgan fingerprint density at radius 1 is 1.26 bits per heavy atom. The van der Waals surface area contributed by atoms with E-state index in [1.807, 2.05) is 25.7 Å².